The van der Waals surface area contributed by atoms with E-state index >= 15 is 0 Å². The average Bonchev–Trinajstić information content (AvgIpc) is 2.37. The summed E-state index contributed by atoms with van der Waals surface area (Å²) in [5.74, 6) is 0.899. The van der Waals surface area contributed by atoms with Crippen LogP contribution in [0.5, 0.6) is 0 Å². The van der Waals surface area contributed by atoms with Gasteiger partial charge in [-0.3, -0.25) is 4.79 Å². The Balaban J connectivity index is 2.66. The summed E-state index contributed by atoms with van der Waals surface area (Å²) in [6.45, 7) is 4.25. The summed E-state index contributed by atoms with van der Waals surface area (Å²) < 4.78 is 0. The van der Waals surface area contributed by atoms with Gasteiger partial charge in [0.05, 0.1) is 0 Å². The molecule has 1 rings (SSSR count). The zero-order valence-electron chi connectivity index (χ0n) is 12.1. The number of rotatable bonds is 6. The third kappa shape index (κ3) is 5.11. The van der Waals surface area contributed by atoms with E-state index < -0.39 is 0 Å². The lowest BCUT2D eigenvalue weighted by Crippen LogP contribution is -2.37. The molecule has 0 aliphatic rings. The zero-order chi connectivity index (χ0) is 14.4. The molecule has 1 aromatic rings. The van der Waals surface area contributed by atoms with Crippen molar-refractivity contribution < 1.29 is 4.79 Å². The van der Waals surface area contributed by atoms with Crippen LogP contribution in [-0.4, -0.2) is 31.9 Å². The van der Waals surface area contributed by atoms with Gasteiger partial charge in [-0.2, -0.15) is 0 Å². The number of carbonyl (C=O) groups excluding carboxylic acids is 1. The fourth-order valence-corrected chi connectivity index (χ4v) is 2.11. The Morgan fingerprint density at radius 2 is 1.84 bits per heavy atom. The number of anilines is 1. The minimum Gasteiger partial charge on any atom is -0.378 e. The number of nitrogens with zero attached hydrogens (tertiary/aromatic N) is 1. The van der Waals surface area contributed by atoms with Crippen molar-refractivity contribution in [3.8, 4) is 0 Å². The van der Waals surface area contributed by atoms with Crippen LogP contribution in [0.4, 0.5) is 5.69 Å². The smallest absolute Gasteiger partial charge is 0.251 e. The fraction of sp³-hybridized carbons (Fsp3) is 0.533. The summed E-state index contributed by atoms with van der Waals surface area (Å²) in [7, 11) is 3.95. The van der Waals surface area contributed by atoms with E-state index in [1.54, 1.807) is 0 Å². The molecule has 4 heteroatoms. The molecule has 0 saturated carbocycles. The molecule has 0 aliphatic heterocycles. The lowest BCUT2D eigenvalue weighted by molar-refractivity contribution is 0.0936. The minimum absolute atomic E-state index is 0.0303. The van der Waals surface area contributed by atoms with Gasteiger partial charge in [0, 0.05) is 37.3 Å². The van der Waals surface area contributed by atoms with E-state index in [9.17, 15) is 4.79 Å². The first kappa shape index (κ1) is 15.8. The normalized spacial score (nSPS) is 12.3. The summed E-state index contributed by atoms with van der Waals surface area (Å²) in [5, 5.41) is 2.98. The van der Waals surface area contributed by atoms with Crippen molar-refractivity contribution in [3.63, 3.8) is 0 Å². The largest absolute Gasteiger partial charge is 0.378 e. The van der Waals surface area contributed by atoms with E-state index in [1.165, 1.54) is 0 Å². The summed E-state index contributed by atoms with van der Waals surface area (Å²) in [6, 6.07) is 7.58. The number of nitrogens with one attached hydrogen (secondary N) is 1. The SMILES string of the molecule is CC(C)CC(CCl)NC(=O)c1ccc(N(C)C)cc1. The predicted molar refractivity (Wildman–Crippen MR) is 82.2 cm³/mol. The second-order valence-electron chi connectivity index (χ2n) is 5.40. The van der Waals surface area contributed by atoms with E-state index in [1.807, 2.05) is 43.3 Å². The van der Waals surface area contributed by atoms with Crippen LogP contribution in [0.1, 0.15) is 30.6 Å². The van der Waals surface area contributed by atoms with Gasteiger partial charge in [-0.1, -0.05) is 13.8 Å². The molecular formula is C15H23ClN2O. The number of amides is 1. The molecule has 0 fully saturated rings. The Labute approximate surface area is 120 Å². The molecule has 1 N–H and O–H groups in total. The highest BCUT2D eigenvalue weighted by Gasteiger charge is 2.14. The van der Waals surface area contributed by atoms with E-state index in [-0.39, 0.29) is 11.9 Å². The fourth-order valence-electron chi connectivity index (χ4n) is 1.91. The summed E-state index contributed by atoms with van der Waals surface area (Å²) in [4.78, 5) is 14.1. The first-order valence-corrected chi connectivity index (χ1v) is 7.11. The molecule has 0 radical (unpaired) electrons. The number of hydrogen-bond acceptors (Lipinski definition) is 2. The van der Waals surface area contributed by atoms with Crippen molar-refractivity contribution in [1.29, 1.82) is 0 Å². The molecule has 0 aromatic heterocycles. The van der Waals surface area contributed by atoms with Crippen LogP contribution < -0.4 is 10.2 Å². The lowest BCUT2D eigenvalue weighted by atomic mass is 10.0. The highest BCUT2D eigenvalue weighted by atomic mass is 35.5. The third-order valence-corrected chi connectivity index (χ3v) is 3.30. The van der Waals surface area contributed by atoms with Gasteiger partial charge < -0.3 is 10.2 Å². The molecular weight excluding hydrogens is 260 g/mol. The predicted octanol–water partition coefficient (Wildman–Crippen LogP) is 3.14. The van der Waals surface area contributed by atoms with Gasteiger partial charge in [-0.05, 0) is 36.6 Å². The average molecular weight is 283 g/mol. The van der Waals surface area contributed by atoms with E-state index in [2.05, 4.69) is 19.2 Å². The molecule has 0 saturated heterocycles. The second-order valence-corrected chi connectivity index (χ2v) is 5.70. The first-order chi connectivity index (χ1) is 8.93. The molecule has 1 atom stereocenters. The number of alkyl halides is 1. The van der Waals surface area contributed by atoms with Crippen LogP contribution in [-0.2, 0) is 0 Å². The standard InChI is InChI=1S/C15H23ClN2O/c1-11(2)9-13(10-16)17-15(19)12-5-7-14(8-6-12)18(3)4/h5-8,11,13H,9-10H2,1-4H3,(H,17,19). The third-order valence-electron chi connectivity index (χ3n) is 2.92. The van der Waals surface area contributed by atoms with Crippen molar-refractivity contribution in [2.45, 2.75) is 26.3 Å². The Morgan fingerprint density at radius 3 is 2.26 bits per heavy atom. The highest BCUT2D eigenvalue weighted by Crippen LogP contribution is 2.13. The zero-order valence-corrected chi connectivity index (χ0v) is 12.9. The van der Waals surface area contributed by atoms with Gasteiger partial charge in [0.2, 0.25) is 0 Å². The second kappa shape index (κ2) is 7.39. The molecule has 0 aliphatic carbocycles. The van der Waals surface area contributed by atoms with Gasteiger partial charge in [0.25, 0.3) is 5.91 Å². The van der Waals surface area contributed by atoms with E-state index in [0.29, 0.717) is 17.4 Å². The Bertz CT molecular complexity index is 401. The summed E-state index contributed by atoms with van der Waals surface area (Å²) >= 11 is 5.89. The topological polar surface area (TPSA) is 32.3 Å². The van der Waals surface area contributed by atoms with Gasteiger partial charge in [-0.25, -0.2) is 0 Å². The van der Waals surface area contributed by atoms with Crippen molar-refractivity contribution in [2.24, 2.45) is 5.92 Å². The molecule has 106 valence electrons. The molecule has 0 bridgehead atoms. The van der Waals surface area contributed by atoms with Crippen LogP contribution in [0, 0.1) is 5.92 Å². The summed E-state index contributed by atoms with van der Waals surface area (Å²) in [5.41, 5.74) is 1.75. The van der Waals surface area contributed by atoms with Crippen LogP contribution in [0.15, 0.2) is 24.3 Å². The van der Waals surface area contributed by atoms with Crippen LogP contribution in [0.3, 0.4) is 0 Å². The molecule has 3 nitrogen and oxygen atoms in total. The lowest BCUT2D eigenvalue weighted by Gasteiger charge is -2.18. The van der Waals surface area contributed by atoms with Gasteiger partial charge >= 0.3 is 0 Å². The highest BCUT2D eigenvalue weighted by molar-refractivity contribution is 6.18. The van der Waals surface area contributed by atoms with Gasteiger partial charge in [0.15, 0.2) is 0 Å². The van der Waals surface area contributed by atoms with Crippen molar-refractivity contribution in [3.05, 3.63) is 29.8 Å². The van der Waals surface area contributed by atoms with E-state index in [4.69, 9.17) is 11.6 Å². The first-order valence-electron chi connectivity index (χ1n) is 6.58. The number of benzene rings is 1. The Hall–Kier alpha value is -1.22. The summed E-state index contributed by atoms with van der Waals surface area (Å²) in [6.07, 6.45) is 0.894. The van der Waals surface area contributed by atoms with Crippen molar-refractivity contribution in [2.75, 3.05) is 24.9 Å². The Kier molecular flexibility index (Phi) is 6.16. The molecule has 1 amide bonds. The molecule has 0 heterocycles. The molecule has 1 unspecified atom stereocenters. The van der Waals surface area contributed by atoms with Crippen LogP contribution in [0.25, 0.3) is 0 Å². The van der Waals surface area contributed by atoms with Crippen LogP contribution in [0.2, 0.25) is 0 Å². The van der Waals surface area contributed by atoms with E-state index in [0.717, 1.165) is 12.1 Å². The van der Waals surface area contributed by atoms with Gasteiger partial charge in [0.1, 0.15) is 0 Å². The maximum atomic E-state index is 12.1. The molecule has 19 heavy (non-hydrogen) atoms. The quantitative estimate of drug-likeness (QED) is 0.813. The van der Waals surface area contributed by atoms with Crippen molar-refractivity contribution in [1.82, 2.24) is 5.32 Å². The number of halogens is 1. The van der Waals surface area contributed by atoms with Gasteiger partial charge in [-0.15, -0.1) is 11.6 Å². The minimum atomic E-state index is -0.0587. The number of carbonyl (C=O) groups is 1. The van der Waals surface area contributed by atoms with Crippen molar-refractivity contribution >= 4 is 23.2 Å². The maximum absolute atomic E-state index is 12.1. The monoisotopic (exact) mass is 282 g/mol. The molecule has 0 spiro atoms. The van der Waals surface area contributed by atoms with Crippen LogP contribution >= 0.6 is 11.6 Å². The Morgan fingerprint density at radius 1 is 1.26 bits per heavy atom. The maximum Gasteiger partial charge on any atom is 0.251 e. The number of hydrogen-bond donors (Lipinski definition) is 1. The molecule has 1 aromatic carbocycles.